The maximum atomic E-state index is 12.0. The predicted molar refractivity (Wildman–Crippen MR) is 83.8 cm³/mol. The molecule has 22 heavy (non-hydrogen) atoms. The fourth-order valence-corrected chi connectivity index (χ4v) is 2.19. The SMILES string of the molecule is COc1ccc(NC(=O)CCn2nnc3ccccc32)cc1. The van der Waals surface area contributed by atoms with E-state index in [4.69, 9.17) is 4.74 Å². The van der Waals surface area contributed by atoms with Crippen LogP contribution in [0.1, 0.15) is 6.42 Å². The van der Waals surface area contributed by atoms with Crippen molar-refractivity contribution in [3.05, 3.63) is 48.5 Å². The van der Waals surface area contributed by atoms with E-state index in [0.29, 0.717) is 13.0 Å². The number of hydrogen-bond acceptors (Lipinski definition) is 4. The molecule has 1 heterocycles. The van der Waals surface area contributed by atoms with Crippen molar-refractivity contribution in [1.82, 2.24) is 15.0 Å². The number of amides is 1. The van der Waals surface area contributed by atoms with Crippen LogP contribution in [0.5, 0.6) is 5.75 Å². The summed E-state index contributed by atoms with van der Waals surface area (Å²) in [6, 6.07) is 14.9. The zero-order chi connectivity index (χ0) is 15.4. The van der Waals surface area contributed by atoms with Gasteiger partial charge in [-0.25, -0.2) is 4.68 Å². The van der Waals surface area contributed by atoms with E-state index in [2.05, 4.69) is 15.6 Å². The fraction of sp³-hybridized carbons (Fsp3) is 0.188. The van der Waals surface area contributed by atoms with Gasteiger partial charge in [0.1, 0.15) is 11.3 Å². The van der Waals surface area contributed by atoms with Crippen LogP contribution in [0.4, 0.5) is 5.69 Å². The molecule has 0 aliphatic rings. The molecule has 0 unspecified atom stereocenters. The van der Waals surface area contributed by atoms with Crippen LogP contribution >= 0.6 is 0 Å². The number of para-hydroxylation sites is 1. The molecule has 0 bridgehead atoms. The van der Waals surface area contributed by atoms with Crippen molar-refractivity contribution in [2.24, 2.45) is 0 Å². The van der Waals surface area contributed by atoms with E-state index in [-0.39, 0.29) is 5.91 Å². The Labute approximate surface area is 127 Å². The number of rotatable bonds is 5. The van der Waals surface area contributed by atoms with Gasteiger partial charge in [0.05, 0.1) is 19.2 Å². The van der Waals surface area contributed by atoms with Crippen molar-refractivity contribution in [2.75, 3.05) is 12.4 Å². The quantitative estimate of drug-likeness (QED) is 0.785. The number of benzene rings is 2. The van der Waals surface area contributed by atoms with E-state index in [0.717, 1.165) is 22.5 Å². The van der Waals surface area contributed by atoms with Gasteiger partial charge in [0, 0.05) is 12.1 Å². The van der Waals surface area contributed by atoms with Gasteiger partial charge in [-0.05, 0) is 36.4 Å². The first-order valence-corrected chi connectivity index (χ1v) is 6.98. The number of carbonyl (C=O) groups excluding carboxylic acids is 1. The number of nitrogens with one attached hydrogen (secondary N) is 1. The Bertz CT molecular complexity index is 780. The monoisotopic (exact) mass is 296 g/mol. The second kappa shape index (κ2) is 6.26. The number of aryl methyl sites for hydroxylation is 1. The van der Waals surface area contributed by atoms with Crippen LogP contribution in [-0.4, -0.2) is 28.0 Å². The number of anilines is 1. The molecule has 0 atom stereocenters. The third kappa shape index (κ3) is 3.06. The third-order valence-electron chi connectivity index (χ3n) is 3.34. The molecule has 3 aromatic rings. The van der Waals surface area contributed by atoms with Crippen LogP contribution in [0.25, 0.3) is 11.0 Å². The van der Waals surface area contributed by atoms with Crippen LogP contribution in [-0.2, 0) is 11.3 Å². The van der Waals surface area contributed by atoms with Gasteiger partial charge in [0.25, 0.3) is 0 Å². The average Bonchev–Trinajstić information content (AvgIpc) is 2.97. The van der Waals surface area contributed by atoms with Crippen molar-refractivity contribution in [3.8, 4) is 5.75 Å². The van der Waals surface area contributed by atoms with Crippen LogP contribution in [0, 0.1) is 0 Å². The topological polar surface area (TPSA) is 69.0 Å². The number of fused-ring (bicyclic) bond motifs is 1. The second-order valence-corrected chi connectivity index (χ2v) is 4.83. The Morgan fingerprint density at radius 3 is 2.73 bits per heavy atom. The summed E-state index contributed by atoms with van der Waals surface area (Å²) in [4.78, 5) is 12.0. The molecule has 0 saturated carbocycles. The molecule has 1 aromatic heterocycles. The molecule has 3 rings (SSSR count). The van der Waals surface area contributed by atoms with E-state index < -0.39 is 0 Å². The van der Waals surface area contributed by atoms with Gasteiger partial charge in [0.2, 0.25) is 5.91 Å². The molecule has 0 radical (unpaired) electrons. The second-order valence-electron chi connectivity index (χ2n) is 4.83. The highest BCUT2D eigenvalue weighted by Crippen LogP contribution is 2.15. The zero-order valence-corrected chi connectivity index (χ0v) is 12.2. The first kappa shape index (κ1) is 14.1. The number of hydrogen-bond donors (Lipinski definition) is 1. The van der Waals surface area contributed by atoms with Gasteiger partial charge in [-0.1, -0.05) is 17.3 Å². The Hall–Kier alpha value is -2.89. The Morgan fingerprint density at radius 2 is 1.95 bits per heavy atom. The predicted octanol–water partition coefficient (Wildman–Crippen LogP) is 2.47. The minimum atomic E-state index is -0.0650. The lowest BCUT2D eigenvalue weighted by atomic mass is 10.3. The molecule has 2 aromatic carbocycles. The number of aromatic nitrogens is 3. The molecular formula is C16H16N4O2. The van der Waals surface area contributed by atoms with Gasteiger partial charge in [-0.15, -0.1) is 5.10 Å². The molecule has 1 amide bonds. The Morgan fingerprint density at radius 1 is 1.18 bits per heavy atom. The van der Waals surface area contributed by atoms with Gasteiger partial charge in [0.15, 0.2) is 0 Å². The standard InChI is InChI=1S/C16H16N4O2/c1-22-13-8-6-12(7-9-13)17-16(21)10-11-20-15-5-3-2-4-14(15)18-19-20/h2-9H,10-11H2,1H3,(H,17,21). The van der Waals surface area contributed by atoms with Gasteiger partial charge in [-0.3, -0.25) is 4.79 Å². The molecule has 1 N–H and O–H groups in total. The van der Waals surface area contributed by atoms with Crippen molar-refractivity contribution in [3.63, 3.8) is 0 Å². The minimum absolute atomic E-state index is 0.0650. The van der Waals surface area contributed by atoms with Crippen molar-refractivity contribution in [1.29, 1.82) is 0 Å². The lowest BCUT2D eigenvalue weighted by Gasteiger charge is -2.06. The third-order valence-corrected chi connectivity index (χ3v) is 3.34. The number of methoxy groups -OCH3 is 1. The van der Waals surface area contributed by atoms with E-state index in [9.17, 15) is 4.79 Å². The summed E-state index contributed by atoms with van der Waals surface area (Å²) < 4.78 is 6.82. The molecule has 112 valence electrons. The van der Waals surface area contributed by atoms with Crippen molar-refractivity contribution < 1.29 is 9.53 Å². The molecule has 0 spiro atoms. The smallest absolute Gasteiger partial charge is 0.226 e. The molecular weight excluding hydrogens is 280 g/mol. The van der Waals surface area contributed by atoms with Crippen LogP contribution in [0.3, 0.4) is 0 Å². The number of ether oxygens (including phenoxy) is 1. The molecule has 6 heteroatoms. The van der Waals surface area contributed by atoms with E-state index in [1.165, 1.54) is 0 Å². The zero-order valence-electron chi connectivity index (χ0n) is 12.2. The average molecular weight is 296 g/mol. The summed E-state index contributed by atoms with van der Waals surface area (Å²) in [6.07, 6.45) is 0.333. The highest BCUT2D eigenvalue weighted by atomic mass is 16.5. The van der Waals surface area contributed by atoms with Crippen LogP contribution in [0.15, 0.2) is 48.5 Å². The Kier molecular flexibility index (Phi) is 4.00. The fourth-order valence-electron chi connectivity index (χ4n) is 2.19. The summed E-state index contributed by atoms with van der Waals surface area (Å²) >= 11 is 0. The van der Waals surface area contributed by atoms with Crippen LogP contribution < -0.4 is 10.1 Å². The molecule has 0 aliphatic heterocycles. The van der Waals surface area contributed by atoms with Gasteiger partial charge in [-0.2, -0.15) is 0 Å². The molecule has 0 aliphatic carbocycles. The highest BCUT2D eigenvalue weighted by molar-refractivity contribution is 5.90. The molecule has 6 nitrogen and oxygen atoms in total. The largest absolute Gasteiger partial charge is 0.497 e. The summed E-state index contributed by atoms with van der Waals surface area (Å²) in [5.41, 5.74) is 2.51. The maximum Gasteiger partial charge on any atom is 0.226 e. The Balaban J connectivity index is 1.60. The minimum Gasteiger partial charge on any atom is -0.497 e. The van der Waals surface area contributed by atoms with Gasteiger partial charge < -0.3 is 10.1 Å². The molecule has 0 saturated heterocycles. The summed E-state index contributed by atoms with van der Waals surface area (Å²) in [6.45, 7) is 0.489. The van der Waals surface area contributed by atoms with E-state index in [1.807, 2.05) is 36.4 Å². The summed E-state index contributed by atoms with van der Waals surface area (Å²) in [5, 5.41) is 11.0. The number of nitrogens with zero attached hydrogens (tertiary/aromatic N) is 3. The first-order chi connectivity index (χ1) is 10.8. The van der Waals surface area contributed by atoms with E-state index in [1.54, 1.807) is 23.9 Å². The highest BCUT2D eigenvalue weighted by Gasteiger charge is 2.07. The van der Waals surface area contributed by atoms with E-state index >= 15 is 0 Å². The van der Waals surface area contributed by atoms with Crippen molar-refractivity contribution in [2.45, 2.75) is 13.0 Å². The molecule has 0 fully saturated rings. The van der Waals surface area contributed by atoms with Gasteiger partial charge >= 0.3 is 0 Å². The normalized spacial score (nSPS) is 10.6. The summed E-state index contributed by atoms with van der Waals surface area (Å²) in [7, 11) is 1.61. The summed E-state index contributed by atoms with van der Waals surface area (Å²) in [5.74, 6) is 0.692. The lowest BCUT2D eigenvalue weighted by molar-refractivity contribution is -0.116. The first-order valence-electron chi connectivity index (χ1n) is 6.98. The number of carbonyl (C=O) groups is 1. The van der Waals surface area contributed by atoms with Crippen molar-refractivity contribution >= 4 is 22.6 Å². The van der Waals surface area contributed by atoms with Crippen LogP contribution in [0.2, 0.25) is 0 Å². The maximum absolute atomic E-state index is 12.0. The lowest BCUT2D eigenvalue weighted by Crippen LogP contribution is -2.15.